The molecular formula is C28H20N6O3. The Labute approximate surface area is 211 Å². The second-order valence-electron chi connectivity index (χ2n) is 9.52. The largest absolute Gasteiger partial charge is 0.332 e. The number of hydrogen-bond acceptors (Lipinski definition) is 5. The van der Waals surface area contributed by atoms with Gasteiger partial charge in [0.15, 0.2) is 0 Å². The molecule has 7 rings (SSSR count). The highest BCUT2D eigenvalue weighted by molar-refractivity contribution is 6.25. The molecule has 37 heavy (non-hydrogen) atoms. The molecule has 0 saturated carbocycles. The van der Waals surface area contributed by atoms with Crippen molar-refractivity contribution in [3.63, 3.8) is 0 Å². The van der Waals surface area contributed by atoms with Crippen LogP contribution >= 0.6 is 0 Å². The molecular weight excluding hydrogens is 468 g/mol. The third-order valence-electron chi connectivity index (χ3n) is 7.66. The molecule has 9 nitrogen and oxygen atoms in total. The standard InChI is InChI=1S/C28H20N6O3/c29-14-17-10-11-22(20-8-4-12-30-24(17)20)34-26(35)25-23-13-18(33(25)28(34)37)15-32(23)27(36)31-21-9-3-6-16-5-1-2-7-19(16)21/h1-12,18,23,25H,13,15H2,(H,31,36)/t18-,23-,25-/m0/s1. The quantitative estimate of drug-likeness (QED) is 0.428. The molecule has 2 bridgehead atoms. The number of amides is 5. The van der Waals surface area contributed by atoms with E-state index in [0.717, 1.165) is 10.8 Å². The van der Waals surface area contributed by atoms with Gasteiger partial charge in [-0.25, -0.2) is 14.5 Å². The highest BCUT2D eigenvalue weighted by Gasteiger charge is 2.63. The van der Waals surface area contributed by atoms with Crippen LogP contribution in [0.4, 0.5) is 21.0 Å². The van der Waals surface area contributed by atoms with Gasteiger partial charge < -0.3 is 15.1 Å². The summed E-state index contributed by atoms with van der Waals surface area (Å²) in [5.41, 5.74) is 1.91. The molecule has 0 radical (unpaired) electrons. The summed E-state index contributed by atoms with van der Waals surface area (Å²) in [5, 5.41) is 15.0. The normalized spacial score (nSPS) is 22.1. The topological polar surface area (TPSA) is 110 Å². The van der Waals surface area contributed by atoms with Crippen molar-refractivity contribution in [3.8, 4) is 6.07 Å². The number of imide groups is 1. The molecule has 3 saturated heterocycles. The van der Waals surface area contributed by atoms with Crippen molar-refractivity contribution >= 4 is 51.0 Å². The van der Waals surface area contributed by atoms with E-state index in [2.05, 4.69) is 16.4 Å². The third-order valence-corrected chi connectivity index (χ3v) is 7.66. The van der Waals surface area contributed by atoms with Crippen molar-refractivity contribution in [2.24, 2.45) is 0 Å². The molecule has 3 atom stereocenters. The van der Waals surface area contributed by atoms with Gasteiger partial charge in [0.25, 0.3) is 5.91 Å². The number of benzene rings is 3. The molecule has 180 valence electrons. The van der Waals surface area contributed by atoms with Crippen molar-refractivity contribution in [1.29, 1.82) is 5.26 Å². The molecule has 3 fully saturated rings. The van der Waals surface area contributed by atoms with Gasteiger partial charge in [0, 0.05) is 23.5 Å². The summed E-state index contributed by atoms with van der Waals surface area (Å²) < 4.78 is 0. The fourth-order valence-corrected chi connectivity index (χ4v) is 6.08. The van der Waals surface area contributed by atoms with Crippen LogP contribution in [0.2, 0.25) is 0 Å². The Bertz CT molecular complexity index is 1690. The lowest BCUT2D eigenvalue weighted by atomic mass is 10.1. The number of nitrogens with one attached hydrogen (secondary N) is 1. The minimum Gasteiger partial charge on any atom is -0.317 e. The van der Waals surface area contributed by atoms with Crippen molar-refractivity contribution in [2.45, 2.75) is 24.5 Å². The first-order chi connectivity index (χ1) is 18.1. The number of hydrogen-bond donors (Lipinski definition) is 1. The zero-order chi connectivity index (χ0) is 25.3. The number of urea groups is 2. The van der Waals surface area contributed by atoms with E-state index in [1.165, 1.54) is 4.90 Å². The smallest absolute Gasteiger partial charge is 0.317 e. The molecule has 3 aliphatic heterocycles. The van der Waals surface area contributed by atoms with E-state index in [1.54, 1.807) is 40.3 Å². The number of likely N-dealkylation sites (tertiary alicyclic amines) is 1. The van der Waals surface area contributed by atoms with Crippen LogP contribution in [0.1, 0.15) is 12.0 Å². The van der Waals surface area contributed by atoms with Crippen molar-refractivity contribution < 1.29 is 14.4 Å². The molecule has 4 aromatic rings. The van der Waals surface area contributed by atoms with E-state index in [-0.39, 0.29) is 18.0 Å². The lowest BCUT2D eigenvalue weighted by Crippen LogP contribution is -2.55. The van der Waals surface area contributed by atoms with Gasteiger partial charge in [-0.1, -0.05) is 36.4 Å². The van der Waals surface area contributed by atoms with E-state index in [9.17, 15) is 19.6 Å². The monoisotopic (exact) mass is 488 g/mol. The lowest BCUT2D eigenvalue weighted by molar-refractivity contribution is -0.120. The number of fused-ring (bicyclic) bond motifs is 7. The fraction of sp³-hybridized carbons (Fsp3) is 0.179. The Morgan fingerprint density at radius 2 is 1.81 bits per heavy atom. The number of carbonyl (C=O) groups is 3. The average Bonchev–Trinajstić information content (AvgIpc) is 3.60. The molecule has 9 heteroatoms. The van der Waals surface area contributed by atoms with Gasteiger partial charge in [-0.05, 0) is 42.1 Å². The van der Waals surface area contributed by atoms with Crippen LogP contribution in [0.25, 0.3) is 21.7 Å². The van der Waals surface area contributed by atoms with Crippen LogP contribution in [0.15, 0.2) is 72.9 Å². The number of pyridine rings is 1. The third kappa shape index (κ3) is 2.96. The maximum absolute atomic E-state index is 13.7. The summed E-state index contributed by atoms with van der Waals surface area (Å²) in [4.78, 5) is 49.4. The van der Waals surface area contributed by atoms with Crippen LogP contribution in [0, 0.1) is 11.3 Å². The van der Waals surface area contributed by atoms with E-state index in [4.69, 9.17) is 0 Å². The summed E-state index contributed by atoms with van der Waals surface area (Å²) >= 11 is 0. The molecule has 0 aliphatic carbocycles. The highest BCUT2D eigenvalue weighted by Crippen LogP contribution is 2.43. The predicted octanol–water partition coefficient (Wildman–Crippen LogP) is 4.09. The highest BCUT2D eigenvalue weighted by atomic mass is 16.2. The zero-order valence-corrected chi connectivity index (χ0v) is 19.5. The summed E-state index contributed by atoms with van der Waals surface area (Å²) in [7, 11) is 0. The van der Waals surface area contributed by atoms with Crippen LogP contribution in [-0.2, 0) is 4.79 Å². The van der Waals surface area contributed by atoms with Crippen LogP contribution in [0.5, 0.6) is 0 Å². The lowest BCUT2D eigenvalue weighted by Gasteiger charge is -2.34. The van der Waals surface area contributed by atoms with E-state index >= 15 is 0 Å². The van der Waals surface area contributed by atoms with Crippen LogP contribution in [0.3, 0.4) is 0 Å². The average molecular weight is 489 g/mol. The molecule has 3 aromatic carbocycles. The number of nitrogens with zero attached hydrogens (tertiary/aromatic N) is 5. The summed E-state index contributed by atoms with van der Waals surface area (Å²) in [6.45, 7) is 0.361. The Morgan fingerprint density at radius 1 is 1.00 bits per heavy atom. The second-order valence-corrected chi connectivity index (χ2v) is 9.52. The molecule has 1 N–H and O–H groups in total. The Balaban J connectivity index is 1.20. The Hall–Kier alpha value is -4.97. The first-order valence-corrected chi connectivity index (χ1v) is 12.1. The summed E-state index contributed by atoms with van der Waals surface area (Å²) in [5.74, 6) is -0.366. The van der Waals surface area contributed by atoms with Gasteiger partial charge >= 0.3 is 12.1 Å². The first-order valence-electron chi connectivity index (χ1n) is 12.1. The van der Waals surface area contributed by atoms with Gasteiger partial charge in [-0.2, -0.15) is 5.26 Å². The maximum atomic E-state index is 13.7. The molecule has 1 aromatic heterocycles. The van der Waals surface area contributed by atoms with Crippen LogP contribution in [-0.4, -0.2) is 57.4 Å². The maximum Gasteiger partial charge on any atom is 0.332 e. The van der Waals surface area contributed by atoms with Gasteiger partial charge in [-0.3, -0.25) is 9.78 Å². The number of rotatable bonds is 2. The fourth-order valence-electron chi connectivity index (χ4n) is 6.08. The minimum absolute atomic E-state index is 0.238. The van der Waals surface area contributed by atoms with Crippen LogP contribution < -0.4 is 10.2 Å². The number of piperazine rings is 1. The number of anilines is 2. The number of carbonyl (C=O) groups excluding carboxylic acids is 3. The van der Waals surface area contributed by atoms with Gasteiger partial charge in [-0.15, -0.1) is 0 Å². The zero-order valence-electron chi connectivity index (χ0n) is 19.5. The number of aromatic nitrogens is 1. The Kier molecular flexibility index (Phi) is 4.48. The van der Waals surface area contributed by atoms with Gasteiger partial charge in [0.1, 0.15) is 12.1 Å². The van der Waals surface area contributed by atoms with Gasteiger partial charge in [0.2, 0.25) is 0 Å². The summed E-state index contributed by atoms with van der Waals surface area (Å²) in [6, 6.07) is 20.2. The van der Waals surface area contributed by atoms with Crippen molar-refractivity contribution in [1.82, 2.24) is 14.8 Å². The molecule has 0 spiro atoms. The van der Waals surface area contributed by atoms with Crippen molar-refractivity contribution in [3.05, 3.63) is 78.5 Å². The number of nitriles is 1. The van der Waals surface area contributed by atoms with Crippen molar-refractivity contribution in [2.75, 3.05) is 16.8 Å². The summed E-state index contributed by atoms with van der Waals surface area (Å²) in [6.07, 6.45) is 2.14. The second kappa shape index (κ2) is 7.77. The van der Waals surface area contributed by atoms with E-state index in [0.29, 0.717) is 40.8 Å². The molecule has 4 heterocycles. The Morgan fingerprint density at radius 3 is 2.68 bits per heavy atom. The van der Waals surface area contributed by atoms with E-state index < -0.39 is 18.1 Å². The first kappa shape index (κ1) is 21.3. The SMILES string of the molecule is N#Cc1ccc(N2C(=O)[C@@H]3[C@@H]4C[C@@H](CN4C(=O)Nc4cccc5ccccc45)N3C2=O)c2cccnc12. The molecule has 3 aliphatic rings. The predicted molar refractivity (Wildman–Crippen MR) is 137 cm³/mol. The molecule has 5 amide bonds. The van der Waals surface area contributed by atoms with Gasteiger partial charge in [0.05, 0.1) is 34.5 Å². The molecule has 0 unspecified atom stereocenters. The minimum atomic E-state index is -0.744. The van der Waals surface area contributed by atoms with E-state index in [1.807, 2.05) is 42.5 Å².